The highest BCUT2D eigenvalue weighted by molar-refractivity contribution is 9.10. The van der Waals surface area contributed by atoms with E-state index in [2.05, 4.69) is 25.4 Å². The largest absolute Gasteiger partial charge is 0.399 e. The van der Waals surface area contributed by atoms with Crippen molar-refractivity contribution in [2.24, 2.45) is 0 Å². The third-order valence-electron chi connectivity index (χ3n) is 4.72. The van der Waals surface area contributed by atoms with E-state index in [-0.39, 0.29) is 16.9 Å². The molecular formula is C22H18BrF4O3PS. The fraction of sp³-hybridized carbons (Fsp3) is 0.182. The SMILES string of the molecule is O=P(Cc1ccc(CSC(Cc2ccc(F)cc2)c2ccc(F)cc2)cc1Br)(OF)OF. The van der Waals surface area contributed by atoms with Crippen molar-refractivity contribution in [2.75, 3.05) is 0 Å². The van der Waals surface area contributed by atoms with Gasteiger partial charge in [0.25, 0.3) is 0 Å². The van der Waals surface area contributed by atoms with Gasteiger partial charge in [-0.25, -0.2) is 8.78 Å². The number of halogens is 5. The molecule has 1 unspecified atom stereocenters. The lowest BCUT2D eigenvalue weighted by molar-refractivity contribution is -0.0881. The summed E-state index contributed by atoms with van der Waals surface area (Å²) >= 11 is 4.92. The van der Waals surface area contributed by atoms with Gasteiger partial charge in [-0.15, -0.1) is 21.2 Å². The number of hydrogen-bond donors (Lipinski definition) is 0. The zero-order valence-electron chi connectivity index (χ0n) is 16.5. The number of benzene rings is 3. The second kappa shape index (κ2) is 11.5. The van der Waals surface area contributed by atoms with Gasteiger partial charge in [-0.1, -0.05) is 52.3 Å². The molecule has 0 bridgehead atoms. The van der Waals surface area contributed by atoms with Crippen LogP contribution in [0, 0.1) is 11.6 Å². The molecule has 10 heteroatoms. The monoisotopic (exact) mass is 548 g/mol. The molecule has 3 aromatic rings. The van der Waals surface area contributed by atoms with Crippen molar-refractivity contribution < 1.29 is 31.9 Å². The molecule has 0 N–H and O–H groups in total. The van der Waals surface area contributed by atoms with E-state index in [0.717, 1.165) is 16.7 Å². The molecular weight excluding hydrogens is 531 g/mol. The first kappa shape index (κ1) is 25.0. The van der Waals surface area contributed by atoms with Gasteiger partial charge >= 0.3 is 7.60 Å². The van der Waals surface area contributed by atoms with E-state index < -0.39 is 13.8 Å². The van der Waals surface area contributed by atoms with Crippen LogP contribution in [0.3, 0.4) is 0 Å². The molecule has 0 aliphatic rings. The van der Waals surface area contributed by atoms with Gasteiger partial charge in [0, 0.05) is 15.5 Å². The van der Waals surface area contributed by atoms with E-state index in [9.17, 15) is 22.4 Å². The number of hydrogen-bond acceptors (Lipinski definition) is 4. The molecule has 0 saturated heterocycles. The van der Waals surface area contributed by atoms with Crippen LogP contribution in [0.25, 0.3) is 0 Å². The van der Waals surface area contributed by atoms with Crippen LogP contribution in [-0.2, 0) is 32.4 Å². The van der Waals surface area contributed by atoms with E-state index >= 15 is 0 Å². The summed E-state index contributed by atoms with van der Waals surface area (Å²) in [6.07, 6.45) is 0.0392. The first-order valence-corrected chi connectivity index (χ1v) is 13.0. The van der Waals surface area contributed by atoms with Crippen LogP contribution in [0.4, 0.5) is 17.8 Å². The normalized spacial score (nSPS) is 12.7. The molecule has 0 aliphatic carbocycles. The Morgan fingerprint density at radius 2 is 1.44 bits per heavy atom. The van der Waals surface area contributed by atoms with Gasteiger partial charge in [0.05, 0.1) is 6.16 Å². The summed E-state index contributed by atoms with van der Waals surface area (Å²) in [6.45, 7) is 0. The summed E-state index contributed by atoms with van der Waals surface area (Å²) < 4.78 is 69.8. The van der Waals surface area contributed by atoms with Gasteiger partial charge in [-0.05, 0) is 68.1 Å². The van der Waals surface area contributed by atoms with Crippen molar-refractivity contribution in [3.8, 4) is 0 Å². The standard InChI is InChI=1S/C22H18BrF4O3PS/c23-21-11-16(1-4-18(21)13-31(28,29-26)30-27)14-32-22(17-5-9-20(25)10-6-17)12-15-2-7-19(24)8-3-15/h1-11,22H,12-14H2. The first-order chi connectivity index (χ1) is 15.3. The fourth-order valence-corrected chi connectivity index (χ4v) is 5.89. The first-order valence-electron chi connectivity index (χ1n) is 9.40. The molecule has 0 heterocycles. The van der Waals surface area contributed by atoms with Crippen LogP contribution in [-0.4, -0.2) is 0 Å². The van der Waals surface area contributed by atoms with Crippen molar-refractivity contribution in [1.82, 2.24) is 0 Å². The molecule has 32 heavy (non-hydrogen) atoms. The average Bonchev–Trinajstić information content (AvgIpc) is 2.80. The Bertz CT molecular complexity index is 1080. The maximum Gasteiger partial charge on any atom is 0.399 e. The highest BCUT2D eigenvalue weighted by Crippen LogP contribution is 2.53. The lowest BCUT2D eigenvalue weighted by Gasteiger charge is -2.18. The van der Waals surface area contributed by atoms with Crippen LogP contribution in [0.5, 0.6) is 0 Å². The Balaban J connectivity index is 1.75. The maximum atomic E-state index is 13.4. The second-order valence-corrected chi connectivity index (χ2v) is 10.9. The van der Waals surface area contributed by atoms with Crippen molar-refractivity contribution in [1.29, 1.82) is 0 Å². The molecule has 3 nitrogen and oxygen atoms in total. The smallest absolute Gasteiger partial charge is 0.254 e. The van der Waals surface area contributed by atoms with Gasteiger partial charge < -0.3 is 0 Å². The summed E-state index contributed by atoms with van der Waals surface area (Å²) in [7, 11) is -4.49. The van der Waals surface area contributed by atoms with Crippen molar-refractivity contribution in [3.05, 3.63) is 105 Å². The van der Waals surface area contributed by atoms with E-state index in [1.807, 2.05) is 0 Å². The summed E-state index contributed by atoms with van der Waals surface area (Å²) in [6, 6.07) is 17.6. The summed E-state index contributed by atoms with van der Waals surface area (Å²) in [5.41, 5.74) is 3.13. The van der Waals surface area contributed by atoms with Gasteiger partial charge in [0.2, 0.25) is 0 Å². The maximum absolute atomic E-state index is 13.4. The predicted octanol–water partition coefficient (Wildman–Crippen LogP) is 8.44. The zero-order chi connectivity index (χ0) is 23.1. The van der Waals surface area contributed by atoms with Crippen LogP contribution in [0.2, 0.25) is 0 Å². The minimum absolute atomic E-state index is 0.0281. The lowest BCUT2D eigenvalue weighted by atomic mass is 10.0. The quantitative estimate of drug-likeness (QED) is 0.188. The zero-order valence-corrected chi connectivity index (χ0v) is 19.8. The Hall–Kier alpha value is -1.64. The number of thioether (sulfide) groups is 1. The topological polar surface area (TPSA) is 35.5 Å². The van der Waals surface area contributed by atoms with Gasteiger partial charge in [-0.2, -0.15) is 0 Å². The summed E-state index contributed by atoms with van der Waals surface area (Å²) in [5.74, 6) is -0.0740. The van der Waals surface area contributed by atoms with E-state index in [0.29, 0.717) is 22.2 Å². The Morgan fingerprint density at radius 3 is 2.00 bits per heavy atom. The molecule has 3 aromatic carbocycles. The molecule has 0 fully saturated rings. The van der Waals surface area contributed by atoms with Gasteiger partial charge in [-0.3, -0.25) is 4.57 Å². The molecule has 0 amide bonds. The molecule has 1 atom stereocenters. The van der Waals surface area contributed by atoms with Gasteiger partial charge in [0.1, 0.15) is 11.6 Å². The fourth-order valence-electron chi connectivity index (χ4n) is 3.06. The molecule has 0 aromatic heterocycles. The predicted molar refractivity (Wildman–Crippen MR) is 120 cm³/mol. The van der Waals surface area contributed by atoms with Gasteiger partial charge in [0.15, 0.2) is 0 Å². The molecule has 0 spiro atoms. The summed E-state index contributed by atoms with van der Waals surface area (Å²) in [5, 5.41) is -0.0281. The Morgan fingerprint density at radius 1 is 0.875 bits per heavy atom. The molecule has 0 saturated carbocycles. The highest BCUT2D eigenvalue weighted by Gasteiger charge is 2.29. The molecule has 3 rings (SSSR count). The van der Waals surface area contributed by atoms with Crippen molar-refractivity contribution in [3.63, 3.8) is 0 Å². The Labute approximate surface area is 195 Å². The highest BCUT2D eigenvalue weighted by atomic mass is 79.9. The molecule has 0 radical (unpaired) electrons. The van der Waals surface area contributed by atoms with E-state index in [1.54, 1.807) is 54.2 Å². The minimum Gasteiger partial charge on any atom is -0.254 e. The second-order valence-electron chi connectivity index (χ2n) is 7.01. The number of rotatable bonds is 10. The Kier molecular flexibility index (Phi) is 8.96. The third-order valence-corrected chi connectivity index (χ3v) is 7.95. The van der Waals surface area contributed by atoms with Crippen molar-refractivity contribution >= 4 is 35.3 Å². The van der Waals surface area contributed by atoms with Crippen LogP contribution in [0.15, 0.2) is 71.2 Å². The van der Waals surface area contributed by atoms with Crippen LogP contribution < -0.4 is 0 Å². The van der Waals surface area contributed by atoms with Crippen molar-refractivity contribution in [2.45, 2.75) is 23.6 Å². The third kappa shape index (κ3) is 6.93. The van der Waals surface area contributed by atoms with Crippen LogP contribution in [0.1, 0.15) is 27.5 Å². The minimum atomic E-state index is -4.49. The molecule has 0 aliphatic heterocycles. The molecule has 170 valence electrons. The van der Waals surface area contributed by atoms with E-state index in [4.69, 9.17) is 0 Å². The van der Waals surface area contributed by atoms with Crippen LogP contribution >= 0.6 is 35.3 Å². The van der Waals surface area contributed by atoms with E-state index in [1.165, 1.54) is 24.3 Å². The average molecular weight is 549 g/mol. The lowest BCUT2D eigenvalue weighted by Crippen LogP contribution is -2.01. The summed E-state index contributed by atoms with van der Waals surface area (Å²) in [4.78, 5) is 0.